The Kier molecular flexibility index (Phi) is 5.09. The van der Waals surface area contributed by atoms with E-state index in [4.69, 9.17) is 9.15 Å². The maximum Gasteiger partial charge on any atom is 0.254 e. The predicted octanol–water partition coefficient (Wildman–Crippen LogP) is 3.46. The van der Waals surface area contributed by atoms with Crippen LogP contribution in [0.3, 0.4) is 0 Å². The zero-order valence-corrected chi connectivity index (χ0v) is 13.7. The molecule has 3 aromatic rings. The second-order valence-corrected chi connectivity index (χ2v) is 5.36. The third-order valence-corrected chi connectivity index (χ3v) is 3.67. The first kappa shape index (κ1) is 16.7. The van der Waals surface area contributed by atoms with Gasteiger partial charge in [0.05, 0.1) is 18.4 Å². The Balaban J connectivity index is 1.56. The summed E-state index contributed by atoms with van der Waals surface area (Å²) in [5.74, 6) is 0.268. The van der Waals surface area contributed by atoms with Gasteiger partial charge >= 0.3 is 0 Å². The first-order valence-corrected chi connectivity index (χ1v) is 7.79. The van der Waals surface area contributed by atoms with Crippen molar-refractivity contribution in [2.24, 2.45) is 0 Å². The molecule has 2 aromatic carbocycles. The minimum atomic E-state index is -0.539. The highest BCUT2D eigenvalue weighted by atomic mass is 19.1. The van der Waals surface area contributed by atoms with Gasteiger partial charge in [-0.15, -0.1) is 0 Å². The minimum absolute atomic E-state index is 0.0292. The Hall–Kier alpha value is -3.15. The topological polar surface area (TPSA) is 64.4 Å². The molecule has 0 saturated heterocycles. The molecular formula is C19H17FN2O3. The van der Waals surface area contributed by atoms with E-state index in [0.717, 1.165) is 11.3 Å². The molecule has 1 heterocycles. The molecule has 0 aliphatic heterocycles. The van der Waals surface area contributed by atoms with Crippen LogP contribution in [0.15, 0.2) is 59.2 Å². The Morgan fingerprint density at radius 3 is 2.68 bits per heavy atom. The summed E-state index contributed by atoms with van der Waals surface area (Å²) in [6, 6.07) is 13.2. The summed E-state index contributed by atoms with van der Waals surface area (Å²) in [4.78, 5) is 16.3. The average molecular weight is 340 g/mol. The Morgan fingerprint density at radius 2 is 1.96 bits per heavy atom. The normalized spacial score (nSPS) is 10.5. The lowest BCUT2D eigenvalue weighted by Crippen LogP contribution is -2.26. The third kappa shape index (κ3) is 4.03. The van der Waals surface area contributed by atoms with E-state index >= 15 is 0 Å². The summed E-state index contributed by atoms with van der Waals surface area (Å²) >= 11 is 0. The zero-order chi connectivity index (χ0) is 17.6. The number of methoxy groups -OCH3 is 1. The fourth-order valence-electron chi connectivity index (χ4n) is 2.33. The standard InChI is InChI=1S/C19H17FN2O3/c1-24-15-8-6-13(7-9-15)19-22-14(12-25-19)10-11-21-18(23)16-4-2-3-5-17(16)20/h2-9,12H,10-11H2,1H3,(H,21,23). The van der Waals surface area contributed by atoms with Crippen molar-refractivity contribution in [3.05, 3.63) is 71.9 Å². The summed E-state index contributed by atoms with van der Waals surface area (Å²) < 4.78 is 24.1. The van der Waals surface area contributed by atoms with Gasteiger partial charge in [-0.3, -0.25) is 4.79 Å². The lowest BCUT2D eigenvalue weighted by molar-refractivity contribution is 0.0950. The van der Waals surface area contributed by atoms with Crippen LogP contribution >= 0.6 is 0 Å². The number of nitrogens with zero attached hydrogens (tertiary/aromatic N) is 1. The van der Waals surface area contributed by atoms with Crippen molar-refractivity contribution in [2.45, 2.75) is 6.42 Å². The molecule has 1 aromatic heterocycles. The minimum Gasteiger partial charge on any atom is -0.497 e. The van der Waals surface area contributed by atoms with Gasteiger partial charge < -0.3 is 14.5 Å². The molecule has 1 N–H and O–H groups in total. The molecule has 1 amide bonds. The lowest BCUT2D eigenvalue weighted by Gasteiger charge is -2.04. The number of carbonyl (C=O) groups excluding carboxylic acids is 1. The number of amides is 1. The molecule has 0 aliphatic carbocycles. The summed E-state index contributed by atoms with van der Waals surface area (Å²) in [7, 11) is 1.61. The summed E-state index contributed by atoms with van der Waals surface area (Å²) in [6.45, 7) is 0.335. The Morgan fingerprint density at radius 1 is 1.20 bits per heavy atom. The van der Waals surface area contributed by atoms with E-state index in [1.54, 1.807) is 25.5 Å². The lowest BCUT2D eigenvalue weighted by atomic mass is 10.2. The van der Waals surface area contributed by atoms with Crippen molar-refractivity contribution in [1.82, 2.24) is 10.3 Å². The van der Waals surface area contributed by atoms with Crippen LogP contribution in [0, 0.1) is 5.82 Å². The first-order chi connectivity index (χ1) is 12.2. The summed E-state index contributed by atoms with van der Waals surface area (Å²) in [5.41, 5.74) is 1.57. The first-order valence-electron chi connectivity index (χ1n) is 7.79. The SMILES string of the molecule is COc1ccc(-c2nc(CCNC(=O)c3ccccc3F)co2)cc1. The maximum absolute atomic E-state index is 13.5. The van der Waals surface area contributed by atoms with Gasteiger partial charge in [0, 0.05) is 18.5 Å². The second kappa shape index (κ2) is 7.61. The number of hydrogen-bond acceptors (Lipinski definition) is 4. The molecule has 0 spiro atoms. The molecule has 5 nitrogen and oxygen atoms in total. The zero-order valence-electron chi connectivity index (χ0n) is 13.7. The number of oxazole rings is 1. The average Bonchev–Trinajstić information content (AvgIpc) is 3.11. The van der Waals surface area contributed by atoms with E-state index in [2.05, 4.69) is 10.3 Å². The Labute approximate surface area is 144 Å². The third-order valence-electron chi connectivity index (χ3n) is 3.67. The van der Waals surface area contributed by atoms with E-state index < -0.39 is 11.7 Å². The van der Waals surface area contributed by atoms with Crippen LogP contribution in [0.5, 0.6) is 5.75 Å². The van der Waals surface area contributed by atoms with Crippen LogP contribution in [-0.4, -0.2) is 24.5 Å². The van der Waals surface area contributed by atoms with E-state index in [1.165, 1.54) is 12.1 Å². The monoisotopic (exact) mass is 340 g/mol. The van der Waals surface area contributed by atoms with Gasteiger partial charge in [-0.1, -0.05) is 12.1 Å². The highest BCUT2D eigenvalue weighted by Gasteiger charge is 2.11. The smallest absolute Gasteiger partial charge is 0.254 e. The van der Waals surface area contributed by atoms with Crippen molar-refractivity contribution >= 4 is 5.91 Å². The highest BCUT2D eigenvalue weighted by Crippen LogP contribution is 2.21. The van der Waals surface area contributed by atoms with Crippen molar-refractivity contribution in [2.75, 3.05) is 13.7 Å². The molecule has 0 saturated carbocycles. The van der Waals surface area contributed by atoms with Gasteiger partial charge in [-0.25, -0.2) is 9.37 Å². The van der Waals surface area contributed by atoms with Crippen molar-refractivity contribution in [1.29, 1.82) is 0 Å². The van der Waals surface area contributed by atoms with E-state index in [0.29, 0.717) is 24.6 Å². The van der Waals surface area contributed by atoms with Crippen LogP contribution in [-0.2, 0) is 6.42 Å². The highest BCUT2D eigenvalue weighted by molar-refractivity contribution is 5.94. The molecule has 3 rings (SSSR count). The second-order valence-electron chi connectivity index (χ2n) is 5.36. The number of rotatable bonds is 6. The fourth-order valence-corrected chi connectivity index (χ4v) is 2.33. The number of halogens is 1. The van der Waals surface area contributed by atoms with Crippen molar-refractivity contribution < 1.29 is 18.3 Å². The summed E-state index contributed by atoms with van der Waals surface area (Å²) in [5, 5.41) is 2.68. The molecule has 0 unspecified atom stereocenters. The molecule has 0 atom stereocenters. The number of aromatic nitrogens is 1. The molecule has 25 heavy (non-hydrogen) atoms. The number of ether oxygens (including phenoxy) is 1. The van der Waals surface area contributed by atoms with E-state index in [1.807, 2.05) is 24.3 Å². The molecule has 0 bridgehead atoms. The van der Waals surface area contributed by atoms with Crippen LogP contribution in [0.2, 0.25) is 0 Å². The van der Waals surface area contributed by atoms with Gasteiger partial charge in [0.25, 0.3) is 5.91 Å². The van der Waals surface area contributed by atoms with Crippen molar-refractivity contribution in [3.63, 3.8) is 0 Å². The molecular weight excluding hydrogens is 323 g/mol. The number of benzene rings is 2. The van der Waals surface area contributed by atoms with Gasteiger partial charge in [0.15, 0.2) is 0 Å². The molecule has 6 heteroatoms. The Bertz CT molecular complexity index is 859. The molecule has 128 valence electrons. The maximum atomic E-state index is 13.5. The fraction of sp³-hybridized carbons (Fsp3) is 0.158. The van der Waals surface area contributed by atoms with Gasteiger partial charge in [0.2, 0.25) is 5.89 Å². The van der Waals surface area contributed by atoms with Gasteiger partial charge in [-0.05, 0) is 36.4 Å². The van der Waals surface area contributed by atoms with Crippen LogP contribution in [0.25, 0.3) is 11.5 Å². The van der Waals surface area contributed by atoms with Crippen LogP contribution in [0.1, 0.15) is 16.1 Å². The van der Waals surface area contributed by atoms with Crippen molar-refractivity contribution in [3.8, 4) is 17.2 Å². The molecule has 0 aliphatic rings. The van der Waals surface area contributed by atoms with Gasteiger partial charge in [-0.2, -0.15) is 0 Å². The van der Waals surface area contributed by atoms with Crippen LogP contribution in [0.4, 0.5) is 4.39 Å². The van der Waals surface area contributed by atoms with E-state index in [9.17, 15) is 9.18 Å². The van der Waals surface area contributed by atoms with Crippen LogP contribution < -0.4 is 10.1 Å². The number of hydrogen-bond donors (Lipinski definition) is 1. The quantitative estimate of drug-likeness (QED) is 0.746. The van der Waals surface area contributed by atoms with Gasteiger partial charge in [0.1, 0.15) is 17.8 Å². The molecule has 0 fully saturated rings. The number of nitrogens with one attached hydrogen (secondary N) is 1. The largest absolute Gasteiger partial charge is 0.497 e. The number of carbonyl (C=O) groups is 1. The van der Waals surface area contributed by atoms with E-state index in [-0.39, 0.29) is 5.56 Å². The predicted molar refractivity (Wildman–Crippen MR) is 90.9 cm³/mol. The molecule has 0 radical (unpaired) electrons. The summed E-state index contributed by atoms with van der Waals surface area (Å²) in [6.07, 6.45) is 2.04.